The molecule has 2 aromatic carbocycles. The van der Waals surface area contributed by atoms with Crippen LogP contribution in [0.1, 0.15) is 55.3 Å². The maximum atomic E-state index is 13.8. The maximum absolute atomic E-state index is 13.8. The summed E-state index contributed by atoms with van der Waals surface area (Å²) in [6.45, 7) is 5.22. The lowest BCUT2D eigenvalue weighted by molar-refractivity contribution is -0.126. The Hall–Kier alpha value is -2.89. The van der Waals surface area contributed by atoms with Gasteiger partial charge in [-0.3, -0.25) is 4.79 Å². The van der Waals surface area contributed by atoms with Gasteiger partial charge in [-0.1, -0.05) is 55.8 Å². The molecule has 0 aliphatic carbocycles. The lowest BCUT2D eigenvalue weighted by atomic mass is 9.88. The molecule has 1 fully saturated rings. The lowest BCUT2D eigenvalue weighted by Crippen LogP contribution is -2.50. The summed E-state index contributed by atoms with van der Waals surface area (Å²) in [5.41, 5.74) is 2.51. The van der Waals surface area contributed by atoms with E-state index >= 15 is 0 Å². The third-order valence-corrected chi connectivity index (χ3v) is 5.90. The number of benzene rings is 2. The fraction of sp³-hybridized carbons (Fsp3) is 0.440. The van der Waals surface area contributed by atoms with Crippen LogP contribution < -0.4 is 10.6 Å². The van der Waals surface area contributed by atoms with Crippen molar-refractivity contribution in [2.45, 2.75) is 52.1 Å². The molecule has 3 amide bonds. The van der Waals surface area contributed by atoms with Crippen molar-refractivity contribution in [3.63, 3.8) is 0 Å². The summed E-state index contributed by atoms with van der Waals surface area (Å²) >= 11 is 0. The first-order valence-electron chi connectivity index (χ1n) is 11.1. The highest BCUT2D eigenvalue weighted by molar-refractivity contribution is 5.81. The molecule has 2 N–H and O–H groups in total. The van der Waals surface area contributed by atoms with Crippen LogP contribution in [0, 0.1) is 18.7 Å². The quantitative estimate of drug-likeness (QED) is 0.631. The number of hydrogen-bond donors (Lipinski definition) is 2. The highest BCUT2D eigenvalue weighted by atomic mass is 19.1. The van der Waals surface area contributed by atoms with Crippen molar-refractivity contribution < 1.29 is 14.0 Å². The van der Waals surface area contributed by atoms with Crippen LogP contribution in [-0.4, -0.2) is 29.9 Å². The molecule has 166 valence electrons. The van der Waals surface area contributed by atoms with Gasteiger partial charge < -0.3 is 15.5 Å². The Labute approximate surface area is 184 Å². The Kier molecular flexibility index (Phi) is 8.04. The molecule has 2 unspecified atom stereocenters. The summed E-state index contributed by atoms with van der Waals surface area (Å²) in [4.78, 5) is 27.5. The summed E-state index contributed by atoms with van der Waals surface area (Å²) in [5, 5.41) is 5.98. The van der Waals surface area contributed by atoms with Crippen molar-refractivity contribution in [2.24, 2.45) is 5.92 Å². The molecule has 0 radical (unpaired) electrons. The van der Waals surface area contributed by atoms with Gasteiger partial charge in [0.2, 0.25) is 5.91 Å². The smallest absolute Gasteiger partial charge is 0.317 e. The monoisotopic (exact) mass is 425 g/mol. The summed E-state index contributed by atoms with van der Waals surface area (Å²) in [7, 11) is 0. The summed E-state index contributed by atoms with van der Waals surface area (Å²) in [5.74, 6) is -0.556. The van der Waals surface area contributed by atoms with Crippen molar-refractivity contribution in [2.75, 3.05) is 13.1 Å². The Balaban J connectivity index is 1.71. The molecule has 0 aromatic heterocycles. The van der Waals surface area contributed by atoms with Crippen molar-refractivity contribution >= 4 is 11.9 Å². The van der Waals surface area contributed by atoms with Crippen LogP contribution in [-0.2, 0) is 11.3 Å². The zero-order valence-electron chi connectivity index (χ0n) is 18.4. The predicted molar refractivity (Wildman–Crippen MR) is 120 cm³/mol. The van der Waals surface area contributed by atoms with Crippen molar-refractivity contribution in [1.82, 2.24) is 15.5 Å². The highest BCUT2D eigenvalue weighted by Gasteiger charge is 2.35. The van der Waals surface area contributed by atoms with Gasteiger partial charge in [0.25, 0.3) is 0 Å². The molecule has 3 rings (SSSR count). The number of likely N-dealkylation sites (tertiary alicyclic amines) is 1. The molecule has 1 saturated heterocycles. The normalized spacial score (nSPS) is 18.5. The molecule has 6 heteroatoms. The van der Waals surface area contributed by atoms with E-state index in [0.717, 1.165) is 24.0 Å². The average molecular weight is 426 g/mol. The third kappa shape index (κ3) is 6.06. The molecular formula is C25H32FN3O2. The number of carbonyl (C=O) groups excluding carboxylic acids is 2. The second-order valence-corrected chi connectivity index (χ2v) is 8.24. The zero-order valence-corrected chi connectivity index (χ0v) is 18.4. The average Bonchev–Trinajstić information content (AvgIpc) is 2.79. The van der Waals surface area contributed by atoms with Crippen molar-refractivity contribution in [1.29, 1.82) is 0 Å². The first kappa shape index (κ1) is 22.8. The van der Waals surface area contributed by atoms with E-state index in [0.29, 0.717) is 38.0 Å². The zero-order chi connectivity index (χ0) is 22.2. The number of urea groups is 1. The van der Waals surface area contributed by atoms with Crippen LogP contribution >= 0.6 is 0 Å². The molecule has 5 nitrogen and oxygen atoms in total. The summed E-state index contributed by atoms with van der Waals surface area (Å²) in [6, 6.07) is 14.5. The van der Waals surface area contributed by atoms with Gasteiger partial charge in [-0.2, -0.15) is 0 Å². The Morgan fingerprint density at radius 3 is 2.58 bits per heavy atom. The molecular weight excluding hydrogens is 393 g/mol. The van der Waals surface area contributed by atoms with Gasteiger partial charge in [-0.05, 0) is 48.9 Å². The minimum atomic E-state index is -0.265. The first-order valence-corrected chi connectivity index (χ1v) is 11.1. The van der Waals surface area contributed by atoms with Crippen LogP contribution in [0.3, 0.4) is 0 Å². The van der Waals surface area contributed by atoms with E-state index in [9.17, 15) is 14.0 Å². The number of piperidine rings is 1. The van der Waals surface area contributed by atoms with Gasteiger partial charge in [0.15, 0.2) is 0 Å². The number of unbranched alkanes of at least 4 members (excludes halogenated alkanes) is 1. The molecule has 2 atom stereocenters. The first-order chi connectivity index (χ1) is 15.0. The molecule has 1 heterocycles. The summed E-state index contributed by atoms with van der Waals surface area (Å²) in [6.07, 6.45) is 3.24. The van der Waals surface area contributed by atoms with E-state index < -0.39 is 0 Å². The van der Waals surface area contributed by atoms with Crippen LogP contribution in [0.5, 0.6) is 0 Å². The molecule has 0 saturated carbocycles. The largest absolute Gasteiger partial charge is 0.352 e. The number of halogens is 1. The topological polar surface area (TPSA) is 61.4 Å². The van der Waals surface area contributed by atoms with Gasteiger partial charge in [-0.15, -0.1) is 0 Å². The lowest BCUT2D eigenvalue weighted by Gasteiger charge is -2.39. The molecule has 0 spiro atoms. The number of nitrogens with zero attached hydrogens (tertiary/aromatic N) is 1. The molecule has 1 aliphatic heterocycles. The fourth-order valence-corrected chi connectivity index (χ4v) is 4.03. The highest BCUT2D eigenvalue weighted by Crippen LogP contribution is 2.34. The van der Waals surface area contributed by atoms with E-state index in [4.69, 9.17) is 0 Å². The number of rotatable bonds is 7. The Bertz CT molecular complexity index is 888. The van der Waals surface area contributed by atoms with Gasteiger partial charge in [0.05, 0.1) is 12.0 Å². The van der Waals surface area contributed by atoms with Crippen molar-refractivity contribution in [3.05, 3.63) is 71.0 Å². The molecule has 1 aliphatic rings. The van der Waals surface area contributed by atoms with Crippen LogP contribution in [0.15, 0.2) is 48.5 Å². The van der Waals surface area contributed by atoms with E-state index in [1.807, 2.05) is 36.4 Å². The van der Waals surface area contributed by atoms with Crippen LogP contribution in [0.4, 0.5) is 9.18 Å². The van der Waals surface area contributed by atoms with E-state index in [1.165, 1.54) is 6.07 Å². The van der Waals surface area contributed by atoms with E-state index in [1.54, 1.807) is 17.9 Å². The van der Waals surface area contributed by atoms with Crippen molar-refractivity contribution in [3.8, 4) is 0 Å². The predicted octanol–water partition coefficient (Wildman–Crippen LogP) is 4.71. The number of nitrogens with one attached hydrogen (secondary N) is 2. The number of amides is 3. The number of hydrogen-bond acceptors (Lipinski definition) is 2. The minimum Gasteiger partial charge on any atom is -0.352 e. The van der Waals surface area contributed by atoms with Gasteiger partial charge in [0, 0.05) is 19.6 Å². The third-order valence-electron chi connectivity index (χ3n) is 5.90. The fourth-order valence-electron chi connectivity index (χ4n) is 4.03. The van der Waals surface area contributed by atoms with Gasteiger partial charge >= 0.3 is 6.03 Å². The second kappa shape index (κ2) is 10.9. The number of carbonyl (C=O) groups is 2. The summed E-state index contributed by atoms with van der Waals surface area (Å²) < 4.78 is 13.8. The molecule has 0 bridgehead atoms. The van der Waals surface area contributed by atoms with E-state index in [2.05, 4.69) is 17.6 Å². The van der Waals surface area contributed by atoms with Crippen LogP contribution in [0.2, 0.25) is 0 Å². The maximum Gasteiger partial charge on any atom is 0.317 e. The molecule has 2 aromatic rings. The SMILES string of the molecule is CCCCNC(=O)N1CC(C(=O)NCc2ccccc2)CCC1c1ccc(F)c(C)c1. The Morgan fingerprint density at radius 1 is 1.10 bits per heavy atom. The minimum absolute atomic E-state index is 0.0380. The standard InChI is InChI=1S/C25H32FN3O2/c1-3-4-14-27-25(31)29-17-21(24(30)28-16-19-8-6-5-7-9-19)11-13-23(29)20-10-12-22(26)18(2)15-20/h5-10,12,15,21,23H,3-4,11,13-14,16-17H2,1-2H3,(H,27,31)(H,28,30). The second-order valence-electron chi connectivity index (χ2n) is 8.24. The van der Waals surface area contributed by atoms with Gasteiger partial charge in [-0.25, -0.2) is 9.18 Å². The number of aryl methyl sites for hydroxylation is 1. The van der Waals surface area contributed by atoms with Gasteiger partial charge in [0.1, 0.15) is 5.82 Å². The van der Waals surface area contributed by atoms with Crippen LogP contribution in [0.25, 0.3) is 0 Å². The molecule has 31 heavy (non-hydrogen) atoms. The van der Waals surface area contributed by atoms with E-state index in [-0.39, 0.29) is 29.7 Å². The Morgan fingerprint density at radius 2 is 1.87 bits per heavy atom.